The molecule has 0 aliphatic rings. The average molecular weight is 256 g/mol. The summed E-state index contributed by atoms with van der Waals surface area (Å²) in [6.45, 7) is 10.2. The van der Waals surface area contributed by atoms with Crippen molar-refractivity contribution in [3.63, 3.8) is 0 Å². The van der Waals surface area contributed by atoms with E-state index in [1.165, 1.54) is 25.7 Å². The molecule has 0 aliphatic heterocycles. The van der Waals surface area contributed by atoms with Crippen molar-refractivity contribution in [1.82, 2.24) is 10.6 Å². The molecule has 0 atom stereocenters. The number of carbonyl (C=O) groups excluding carboxylic acids is 1. The highest BCUT2D eigenvalue weighted by atomic mass is 16.2. The predicted molar refractivity (Wildman–Crippen MR) is 78.6 cm³/mol. The van der Waals surface area contributed by atoms with Gasteiger partial charge in [0.25, 0.3) is 0 Å². The first kappa shape index (κ1) is 17.4. The van der Waals surface area contributed by atoms with Gasteiger partial charge in [0.05, 0.1) is 0 Å². The van der Waals surface area contributed by atoms with Crippen LogP contribution in [0.15, 0.2) is 0 Å². The minimum Gasteiger partial charge on any atom is -0.356 e. The molecule has 0 aromatic carbocycles. The first-order valence-electron chi connectivity index (χ1n) is 7.35. The van der Waals surface area contributed by atoms with Crippen LogP contribution in [-0.4, -0.2) is 26.0 Å². The van der Waals surface area contributed by atoms with E-state index < -0.39 is 0 Å². The lowest BCUT2D eigenvalue weighted by Gasteiger charge is -2.27. The van der Waals surface area contributed by atoms with Crippen molar-refractivity contribution in [3.8, 4) is 0 Å². The molecule has 1 amide bonds. The Hall–Kier alpha value is -0.570. The Morgan fingerprint density at radius 2 is 1.50 bits per heavy atom. The van der Waals surface area contributed by atoms with Crippen molar-refractivity contribution < 1.29 is 4.79 Å². The van der Waals surface area contributed by atoms with Crippen molar-refractivity contribution in [3.05, 3.63) is 0 Å². The zero-order valence-corrected chi connectivity index (χ0v) is 12.9. The van der Waals surface area contributed by atoms with Gasteiger partial charge >= 0.3 is 0 Å². The van der Waals surface area contributed by atoms with Crippen LogP contribution in [0.4, 0.5) is 0 Å². The Morgan fingerprint density at radius 3 is 2.00 bits per heavy atom. The second-order valence-corrected chi connectivity index (χ2v) is 6.00. The van der Waals surface area contributed by atoms with E-state index in [4.69, 9.17) is 0 Å². The predicted octanol–water partition coefficient (Wildman–Crippen LogP) is 2.95. The zero-order chi connectivity index (χ0) is 14.0. The second kappa shape index (κ2) is 9.37. The standard InChI is InChI=1S/C15H32N2O/c1-13(2)15(3,4)14(18)17-12-10-8-6-7-9-11-16-5/h13,16H,6-12H2,1-5H3,(H,17,18). The van der Waals surface area contributed by atoms with Crippen LogP contribution >= 0.6 is 0 Å². The van der Waals surface area contributed by atoms with E-state index in [1.54, 1.807) is 0 Å². The smallest absolute Gasteiger partial charge is 0.225 e. The molecule has 2 N–H and O–H groups in total. The first-order valence-corrected chi connectivity index (χ1v) is 7.35. The largest absolute Gasteiger partial charge is 0.356 e. The summed E-state index contributed by atoms with van der Waals surface area (Å²) in [7, 11) is 1.99. The first-order chi connectivity index (χ1) is 8.42. The van der Waals surface area contributed by atoms with Crippen LogP contribution in [0.3, 0.4) is 0 Å². The summed E-state index contributed by atoms with van der Waals surface area (Å²) >= 11 is 0. The maximum Gasteiger partial charge on any atom is 0.225 e. The Bertz CT molecular complexity index is 225. The lowest BCUT2D eigenvalue weighted by Crippen LogP contribution is -2.40. The molecule has 0 saturated heterocycles. The average Bonchev–Trinajstić information content (AvgIpc) is 2.32. The summed E-state index contributed by atoms with van der Waals surface area (Å²) < 4.78 is 0. The molecule has 0 radical (unpaired) electrons. The molecule has 0 aliphatic carbocycles. The summed E-state index contributed by atoms with van der Waals surface area (Å²) in [6, 6.07) is 0. The van der Waals surface area contributed by atoms with E-state index in [0.717, 1.165) is 19.5 Å². The van der Waals surface area contributed by atoms with Crippen LogP contribution < -0.4 is 10.6 Å². The topological polar surface area (TPSA) is 41.1 Å². The van der Waals surface area contributed by atoms with Crippen molar-refractivity contribution in [2.75, 3.05) is 20.1 Å². The molecule has 0 rings (SSSR count). The SMILES string of the molecule is CNCCCCCCCNC(=O)C(C)(C)C(C)C. The van der Waals surface area contributed by atoms with Gasteiger partial charge in [0, 0.05) is 12.0 Å². The third-order valence-corrected chi connectivity index (χ3v) is 3.92. The van der Waals surface area contributed by atoms with E-state index in [9.17, 15) is 4.79 Å². The summed E-state index contributed by atoms with van der Waals surface area (Å²) in [5.41, 5.74) is -0.257. The minimum atomic E-state index is -0.257. The maximum atomic E-state index is 12.0. The Kier molecular flexibility index (Phi) is 9.08. The minimum absolute atomic E-state index is 0.188. The van der Waals surface area contributed by atoms with Crippen molar-refractivity contribution >= 4 is 5.91 Å². The molecule has 0 unspecified atom stereocenters. The molecular weight excluding hydrogens is 224 g/mol. The number of unbranched alkanes of at least 4 members (excludes halogenated alkanes) is 4. The number of carbonyl (C=O) groups is 1. The molecule has 0 heterocycles. The molecule has 0 aromatic rings. The maximum absolute atomic E-state index is 12.0. The normalized spacial score (nSPS) is 11.9. The van der Waals surface area contributed by atoms with Gasteiger partial charge in [-0.2, -0.15) is 0 Å². The van der Waals surface area contributed by atoms with Crippen LogP contribution in [0, 0.1) is 11.3 Å². The molecule has 3 nitrogen and oxygen atoms in total. The van der Waals surface area contributed by atoms with Crippen molar-refractivity contribution in [2.45, 2.75) is 59.8 Å². The summed E-state index contributed by atoms with van der Waals surface area (Å²) in [5.74, 6) is 0.562. The molecule has 108 valence electrons. The second-order valence-electron chi connectivity index (χ2n) is 6.00. The Labute approximate surface area is 113 Å². The van der Waals surface area contributed by atoms with E-state index in [2.05, 4.69) is 24.5 Å². The highest BCUT2D eigenvalue weighted by Crippen LogP contribution is 2.25. The molecule has 0 spiro atoms. The molecule has 0 fully saturated rings. The van der Waals surface area contributed by atoms with Gasteiger partial charge in [-0.05, 0) is 32.4 Å². The van der Waals surface area contributed by atoms with E-state index in [-0.39, 0.29) is 11.3 Å². The molecule has 0 bridgehead atoms. The van der Waals surface area contributed by atoms with Gasteiger partial charge in [-0.1, -0.05) is 47.0 Å². The van der Waals surface area contributed by atoms with Gasteiger partial charge in [-0.3, -0.25) is 4.79 Å². The quantitative estimate of drug-likeness (QED) is 0.590. The van der Waals surface area contributed by atoms with Crippen LogP contribution in [0.25, 0.3) is 0 Å². The summed E-state index contributed by atoms with van der Waals surface area (Å²) in [5, 5.41) is 6.21. The van der Waals surface area contributed by atoms with Crippen LogP contribution in [0.2, 0.25) is 0 Å². The fraction of sp³-hybridized carbons (Fsp3) is 0.933. The molecule has 0 saturated carbocycles. The third-order valence-electron chi connectivity index (χ3n) is 3.92. The molecule has 18 heavy (non-hydrogen) atoms. The number of rotatable bonds is 10. The van der Waals surface area contributed by atoms with E-state index in [1.807, 2.05) is 20.9 Å². The highest BCUT2D eigenvalue weighted by Gasteiger charge is 2.30. The Balaban J connectivity index is 3.52. The fourth-order valence-corrected chi connectivity index (χ4v) is 1.65. The molecular formula is C15H32N2O. The van der Waals surface area contributed by atoms with Crippen molar-refractivity contribution in [2.24, 2.45) is 11.3 Å². The number of hydrogen-bond acceptors (Lipinski definition) is 2. The van der Waals surface area contributed by atoms with Gasteiger partial charge in [-0.25, -0.2) is 0 Å². The zero-order valence-electron chi connectivity index (χ0n) is 12.9. The summed E-state index contributed by atoms with van der Waals surface area (Å²) in [6.07, 6.45) is 6.12. The third kappa shape index (κ3) is 7.00. The van der Waals surface area contributed by atoms with Crippen LogP contribution in [0.5, 0.6) is 0 Å². The van der Waals surface area contributed by atoms with E-state index >= 15 is 0 Å². The van der Waals surface area contributed by atoms with Crippen LogP contribution in [-0.2, 0) is 4.79 Å². The van der Waals surface area contributed by atoms with Crippen LogP contribution in [0.1, 0.15) is 59.8 Å². The number of nitrogens with one attached hydrogen (secondary N) is 2. The van der Waals surface area contributed by atoms with Crippen molar-refractivity contribution in [1.29, 1.82) is 0 Å². The van der Waals surface area contributed by atoms with Gasteiger partial charge in [0.1, 0.15) is 0 Å². The fourth-order valence-electron chi connectivity index (χ4n) is 1.65. The lowest BCUT2D eigenvalue weighted by atomic mass is 9.80. The number of hydrogen-bond donors (Lipinski definition) is 2. The molecule has 0 aromatic heterocycles. The van der Waals surface area contributed by atoms with E-state index in [0.29, 0.717) is 5.92 Å². The lowest BCUT2D eigenvalue weighted by molar-refractivity contribution is -0.131. The van der Waals surface area contributed by atoms with Gasteiger partial charge < -0.3 is 10.6 Å². The highest BCUT2D eigenvalue weighted by molar-refractivity contribution is 5.81. The van der Waals surface area contributed by atoms with Gasteiger partial charge in [-0.15, -0.1) is 0 Å². The Morgan fingerprint density at radius 1 is 1.00 bits per heavy atom. The monoisotopic (exact) mass is 256 g/mol. The van der Waals surface area contributed by atoms with Gasteiger partial charge in [0.2, 0.25) is 5.91 Å². The van der Waals surface area contributed by atoms with Gasteiger partial charge in [0.15, 0.2) is 0 Å². The molecule has 3 heteroatoms. The number of amides is 1. The summed E-state index contributed by atoms with van der Waals surface area (Å²) in [4.78, 5) is 12.0.